The molecule has 1 aliphatic heterocycles. The topological polar surface area (TPSA) is 66.9 Å². The van der Waals surface area contributed by atoms with Crippen LogP contribution in [0.2, 0.25) is 5.02 Å². The summed E-state index contributed by atoms with van der Waals surface area (Å²) in [5.74, 6) is -0.713. The predicted molar refractivity (Wildman–Crippen MR) is 97.1 cm³/mol. The van der Waals surface area contributed by atoms with Gasteiger partial charge in [-0.05, 0) is 48.9 Å². The smallest absolute Gasteiger partial charge is 0.337 e. The Balaban J connectivity index is 1.80. The summed E-state index contributed by atoms with van der Waals surface area (Å²) in [6.45, 7) is 1.95. The Labute approximate surface area is 155 Å². The van der Waals surface area contributed by atoms with Crippen molar-refractivity contribution in [2.24, 2.45) is 0 Å². The number of amides is 3. The first-order valence-corrected chi connectivity index (χ1v) is 8.37. The maximum atomic E-state index is 12.8. The number of hydrogen-bond donors (Lipinski definition) is 0. The second-order valence-electron chi connectivity index (χ2n) is 5.93. The van der Waals surface area contributed by atoms with E-state index in [0.29, 0.717) is 16.3 Å². The molecule has 0 aromatic heterocycles. The van der Waals surface area contributed by atoms with Gasteiger partial charge in [-0.15, -0.1) is 0 Å². The molecule has 0 N–H and O–H groups in total. The van der Waals surface area contributed by atoms with Gasteiger partial charge in [-0.2, -0.15) is 0 Å². The largest absolute Gasteiger partial charge is 0.465 e. The zero-order valence-corrected chi connectivity index (χ0v) is 15.1. The quantitative estimate of drug-likeness (QED) is 0.608. The van der Waals surface area contributed by atoms with E-state index in [-0.39, 0.29) is 18.5 Å². The van der Waals surface area contributed by atoms with Crippen LogP contribution in [0.15, 0.2) is 48.5 Å². The summed E-state index contributed by atoms with van der Waals surface area (Å²) in [6, 6.07) is 12.3. The predicted octanol–water partition coefficient (Wildman–Crippen LogP) is 3.48. The Bertz CT molecular complexity index is 849. The van der Waals surface area contributed by atoms with E-state index in [1.165, 1.54) is 12.0 Å². The number of nitrogens with zero attached hydrogens (tertiary/aromatic N) is 2. The van der Waals surface area contributed by atoms with Crippen molar-refractivity contribution in [1.82, 2.24) is 4.90 Å². The van der Waals surface area contributed by atoms with Crippen LogP contribution < -0.4 is 4.90 Å². The summed E-state index contributed by atoms with van der Waals surface area (Å²) in [4.78, 5) is 39.5. The molecule has 1 fully saturated rings. The van der Waals surface area contributed by atoms with E-state index >= 15 is 0 Å². The number of halogens is 1. The van der Waals surface area contributed by atoms with Crippen LogP contribution in [0.3, 0.4) is 0 Å². The molecule has 26 heavy (non-hydrogen) atoms. The second kappa shape index (κ2) is 7.17. The van der Waals surface area contributed by atoms with Gasteiger partial charge in [0.25, 0.3) is 5.91 Å². The number of carbonyl (C=O) groups excluding carboxylic acids is 3. The highest BCUT2D eigenvalue weighted by Gasteiger charge is 2.43. The molecule has 0 bridgehead atoms. The number of urea groups is 1. The molecular weight excluding hydrogens is 356 g/mol. The van der Waals surface area contributed by atoms with E-state index in [0.717, 1.165) is 10.5 Å². The lowest BCUT2D eigenvalue weighted by atomic mass is 10.1. The van der Waals surface area contributed by atoms with Gasteiger partial charge in [-0.25, -0.2) is 14.5 Å². The van der Waals surface area contributed by atoms with Gasteiger partial charge in [-0.3, -0.25) is 4.79 Å². The van der Waals surface area contributed by atoms with E-state index in [9.17, 15) is 14.4 Å². The van der Waals surface area contributed by atoms with E-state index in [1.54, 1.807) is 55.5 Å². The van der Waals surface area contributed by atoms with Crippen LogP contribution in [-0.2, 0) is 16.1 Å². The maximum absolute atomic E-state index is 12.8. The molecule has 1 heterocycles. The van der Waals surface area contributed by atoms with Gasteiger partial charge in [0.1, 0.15) is 6.04 Å². The first-order valence-electron chi connectivity index (χ1n) is 7.99. The second-order valence-corrected chi connectivity index (χ2v) is 6.36. The van der Waals surface area contributed by atoms with Crippen LogP contribution >= 0.6 is 11.6 Å². The Morgan fingerprint density at radius 3 is 2.27 bits per heavy atom. The highest BCUT2D eigenvalue weighted by Crippen LogP contribution is 2.27. The molecular formula is C19H17ClN2O4. The third-order valence-electron chi connectivity index (χ3n) is 4.30. The normalized spacial score (nSPS) is 17.0. The van der Waals surface area contributed by atoms with Crippen molar-refractivity contribution in [3.05, 3.63) is 64.7 Å². The van der Waals surface area contributed by atoms with Crippen molar-refractivity contribution < 1.29 is 19.1 Å². The molecule has 7 heteroatoms. The molecule has 0 aliphatic carbocycles. The minimum absolute atomic E-state index is 0.261. The molecule has 1 saturated heterocycles. The third kappa shape index (κ3) is 3.28. The fourth-order valence-corrected chi connectivity index (χ4v) is 2.93. The van der Waals surface area contributed by atoms with Gasteiger partial charge in [0.05, 0.1) is 18.4 Å². The van der Waals surface area contributed by atoms with Crippen LogP contribution in [0, 0.1) is 0 Å². The lowest BCUT2D eigenvalue weighted by Gasteiger charge is -2.19. The number of methoxy groups -OCH3 is 1. The number of benzene rings is 2. The molecule has 3 amide bonds. The molecule has 134 valence electrons. The average molecular weight is 373 g/mol. The third-order valence-corrected chi connectivity index (χ3v) is 4.55. The first-order chi connectivity index (χ1) is 12.4. The van der Waals surface area contributed by atoms with Crippen LogP contribution in [0.25, 0.3) is 0 Å². The molecule has 0 unspecified atom stereocenters. The maximum Gasteiger partial charge on any atom is 0.337 e. The number of esters is 1. The van der Waals surface area contributed by atoms with Gasteiger partial charge >= 0.3 is 12.0 Å². The van der Waals surface area contributed by atoms with Crippen LogP contribution in [-0.4, -0.2) is 36.0 Å². The van der Waals surface area contributed by atoms with E-state index in [1.807, 2.05) is 0 Å². The van der Waals surface area contributed by atoms with Crippen molar-refractivity contribution in [2.75, 3.05) is 12.0 Å². The van der Waals surface area contributed by atoms with E-state index in [4.69, 9.17) is 11.6 Å². The first kappa shape index (κ1) is 17.9. The molecule has 3 rings (SSSR count). The van der Waals surface area contributed by atoms with Crippen molar-refractivity contribution in [2.45, 2.75) is 19.5 Å². The summed E-state index contributed by atoms with van der Waals surface area (Å²) in [7, 11) is 1.32. The summed E-state index contributed by atoms with van der Waals surface area (Å²) < 4.78 is 4.66. The Morgan fingerprint density at radius 2 is 1.69 bits per heavy atom. The number of anilines is 1. The van der Waals surface area contributed by atoms with Gasteiger partial charge in [-0.1, -0.05) is 23.7 Å². The Hall–Kier alpha value is -2.86. The summed E-state index contributed by atoms with van der Waals surface area (Å²) >= 11 is 5.87. The van der Waals surface area contributed by atoms with E-state index in [2.05, 4.69) is 4.74 Å². The van der Waals surface area contributed by atoms with Gasteiger partial charge in [0.15, 0.2) is 0 Å². The van der Waals surface area contributed by atoms with Crippen LogP contribution in [0.1, 0.15) is 22.8 Å². The molecule has 2 aromatic carbocycles. The zero-order chi connectivity index (χ0) is 18.8. The minimum atomic E-state index is -0.585. The lowest BCUT2D eigenvalue weighted by Crippen LogP contribution is -2.33. The van der Waals surface area contributed by atoms with Crippen molar-refractivity contribution in [1.29, 1.82) is 0 Å². The average Bonchev–Trinajstić information content (AvgIpc) is 2.86. The lowest BCUT2D eigenvalue weighted by molar-refractivity contribution is -0.119. The zero-order valence-electron chi connectivity index (χ0n) is 14.3. The highest BCUT2D eigenvalue weighted by atomic mass is 35.5. The number of carbonyl (C=O) groups is 3. The van der Waals surface area contributed by atoms with Crippen LogP contribution in [0.4, 0.5) is 10.5 Å². The number of hydrogen-bond acceptors (Lipinski definition) is 4. The molecule has 0 saturated carbocycles. The Morgan fingerprint density at radius 1 is 1.08 bits per heavy atom. The molecule has 6 nitrogen and oxygen atoms in total. The monoisotopic (exact) mass is 372 g/mol. The standard InChI is InChI=1S/C19H17ClN2O4/c1-12-17(23)22(16-9-7-15(20)8-10-16)19(25)21(12)11-13-3-5-14(6-4-13)18(24)26-2/h3-10,12H,11H2,1-2H3/t12-/m0/s1. The van der Waals surface area contributed by atoms with Crippen molar-refractivity contribution >= 4 is 35.2 Å². The van der Waals surface area contributed by atoms with Crippen molar-refractivity contribution in [3.8, 4) is 0 Å². The Kier molecular flexibility index (Phi) is 4.95. The molecule has 0 radical (unpaired) electrons. The van der Waals surface area contributed by atoms with Gasteiger partial charge in [0, 0.05) is 11.6 Å². The number of rotatable bonds is 4. The minimum Gasteiger partial charge on any atom is -0.465 e. The summed E-state index contributed by atoms with van der Waals surface area (Å²) in [5.41, 5.74) is 1.72. The molecule has 2 aromatic rings. The van der Waals surface area contributed by atoms with Crippen LogP contribution in [0.5, 0.6) is 0 Å². The fraction of sp³-hybridized carbons (Fsp3) is 0.211. The molecule has 1 atom stereocenters. The SMILES string of the molecule is COC(=O)c1ccc(CN2C(=O)N(c3ccc(Cl)cc3)C(=O)[C@@H]2C)cc1. The highest BCUT2D eigenvalue weighted by molar-refractivity contribution is 6.30. The number of ether oxygens (including phenoxy) is 1. The van der Waals surface area contributed by atoms with Crippen molar-refractivity contribution in [3.63, 3.8) is 0 Å². The molecule has 1 aliphatic rings. The summed E-state index contributed by atoms with van der Waals surface area (Å²) in [6.07, 6.45) is 0. The number of imide groups is 1. The fourth-order valence-electron chi connectivity index (χ4n) is 2.80. The van der Waals surface area contributed by atoms with Gasteiger partial charge in [0.2, 0.25) is 0 Å². The molecule has 0 spiro atoms. The summed E-state index contributed by atoms with van der Waals surface area (Å²) in [5, 5.41) is 0.531. The van der Waals surface area contributed by atoms with Gasteiger partial charge < -0.3 is 9.64 Å². The van der Waals surface area contributed by atoms with E-state index < -0.39 is 12.0 Å².